The number of thiol groups is 1. The third-order valence-corrected chi connectivity index (χ3v) is 2.39. The minimum atomic E-state index is -0.958. The van der Waals surface area contributed by atoms with Crippen LogP contribution in [0.4, 0.5) is 5.82 Å². The number of anilines is 1. The Hall–Kier alpha value is -0.780. The van der Waals surface area contributed by atoms with Crippen LogP contribution in [0.5, 0.6) is 0 Å². The Morgan fingerprint density at radius 1 is 1.50 bits per heavy atom. The van der Waals surface area contributed by atoms with Crippen LogP contribution in [0.1, 0.15) is 17.4 Å². The van der Waals surface area contributed by atoms with Gasteiger partial charge < -0.3 is 15.9 Å². The van der Waals surface area contributed by atoms with Crippen molar-refractivity contribution in [1.29, 1.82) is 0 Å². The number of aliphatic hydroxyl groups excluding tert-OH is 2. The number of nitrogens with two attached hydrogens (primary N) is 1. The molecule has 0 fully saturated rings. The summed E-state index contributed by atoms with van der Waals surface area (Å²) < 4.78 is 0. The maximum atomic E-state index is 9.68. The Kier molecular flexibility index (Phi) is 3.74. The predicted octanol–water partition coefficient (Wildman–Crippen LogP) is 0.296. The van der Waals surface area contributed by atoms with E-state index in [0.29, 0.717) is 17.1 Å². The van der Waals surface area contributed by atoms with Crippen molar-refractivity contribution < 1.29 is 10.2 Å². The second kappa shape index (κ2) is 4.63. The van der Waals surface area contributed by atoms with E-state index in [4.69, 9.17) is 5.73 Å². The SMILES string of the molecule is Cc1nc(N)ccc1C(O)C(O)CS. The molecule has 2 atom stereocenters. The summed E-state index contributed by atoms with van der Waals surface area (Å²) in [5, 5.41) is 19.1. The molecule has 14 heavy (non-hydrogen) atoms. The lowest BCUT2D eigenvalue weighted by Crippen LogP contribution is -2.21. The van der Waals surface area contributed by atoms with Crippen LogP contribution >= 0.6 is 12.6 Å². The first kappa shape index (κ1) is 11.3. The first-order valence-corrected chi connectivity index (χ1v) is 4.89. The summed E-state index contributed by atoms with van der Waals surface area (Å²) in [6.45, 7) is 1.74. The highest BCUT2D eigenvalue weighted by Crippen LogP contribution is 2.20. The average Bonchev–Trinajstić information content (AvgIpc) is 2.15. The van der Waals surface area contributed by atoms with Crippen LogP contribution in [0.2, 0.25) is 0 Å². The zero-order chi connectivity index (χ0) is 10.7. The monoisotopic (exact) mass is 214 g/mol. The van der Waals surface area contributed by atoms with Crippen molar-refractivity contribution in [3.63, 3.8) is 0 Å². The van der Waals surface area contributed by atoms with E-state index >= 15 is 0 Å². The summed E-state index contributed by atoms with van der Waals surface area (Å²) in [6.07, 6.45) is -1.84. The first-order chi connectivity index (χ1) is 6.56. The van der Waals surface area contributed by atoms with Crippen LogP contribution in [-0.4, -0.2) is 27.1 Å². The molecule has 2 unspecified atom stereocenters. The van der Waals surface area contributed by atoms with E-state index in [1.807, 2.05) is 0 Å². The molecule has 0 amide bonds. The lowest BCUT2D eigenvalue weighted by Gasteiger charge is -2.17. The van der Waals surface area contributed by atoms with Crippen molar-refractivity contribution in [2.24, 2.45) is 0 Å². The van der Waals surface area contributed by atoms with E-state index in [1.54, 1.807) is 19.1 Å². The highest BCUT2D eigenvalue weighted by atomic mass is 32.1. The van der Waals surface area contributed by atoms with Crippen LogP contribution in [0, 0.1) is 6.92 Å². The van der Waals surface area contributed by atoms with Crippen LogP contribution in [0.25, 0.3) is 0 Å². The van der Waals surface area contributed by atoms with E-state index in [2.05, 4.69) is 17.6 Å². The minimum Gasteiger partial charge on any atom is -0.389 e. The van der Waals surface area contributed by atoms with Crippen LogP contribution in [0.3, 0.4) is 0 Å². The molecule has 4 nitrogen and oxygen atoms in total. The van der Waals surface area contributed by atoms with Crippen LogP contribution in [0.15, 0.2) is 12.1 Å². The lowest BCUT2D eigenvalue weighted by atomic mass is 10.0. The van der Waals surface area contributed by atoms with Gasteiger partial charge in [0, 0.05) is 17.0 Å². The number of aliphatic hydroxyl groups is 2. The third kappa shape index (κ3) is 2.37. The van der Waals surface area contributed by atoms with Gasteiger partial charge in [0.25, 0.3) is 0 Å². The van der Waals surface area contributed by atoms with Crippen molar-refractivity contribution in [1.82, 2.24) is 4.98 Å². The Labute approximate surface area is 88.2 Å². The largest absolute Gasteiger partial charge is 0.389 e. The van der Waals surface area contributed by atoms with E-state index in [0.717, 1.165) is 0 Å². The average molecular weight is 214 g/mol. The molecular formula is C9H14N2O2S. The summed E-state index contributed by atoms with van der Waals surface area (Å²) in [7, 11) is 0. The fraction of sp³-hybridized carbons (Fsp3) is 0.444. The maximum Gasteiger partial charge on any atom is 0.123 e. The van der Waals surface area contributed by atoms with E-state index in [9.17, 15) is 10.2 Å². The number of hydrogen-bond acceptors (Lipinski definition) is 5. The third-order valence-electron chi connectivity index (χ3n) is 2.02. The quantitative estimate of drug-likeness (QED) is 0.546. The standard InChI is InChI=1S/C9H14N2O2S/c1-5-6(2-3-8(10)11-5)9(13)7(12)4-14/h2-3,7,9,12-14H,4H2,1H3,(H2,10,11). The zero-order valence-corrected chi connectivity index (χ0v) is 8.78. The molecule has 1 heterocycles. The molecule has 0 bridgehead atoms. The van der Waals surface area contributed by atoms with Gasteiger partial charge >= 0.3 is 0 Å². The van der Waals surface area contributed by atoms with Gasteiger partial charge in [-0.25, -0.2) is 4.98 Å². The molecule has 0 saturated heterocycles. The molecule has 0 aliphatic carbocycles. The van der Waals surface area contributed by atoms with Crippen molar-refractivity contribution >= 4 is 18.4 Å². The van der Waals surface area contributed by atoms with Crippen LogP contribution in [-0.2, 0) is 0 Å². The maximum absolute atomic E-state index is 9.68. The normalized spacial score (nSPS) is 15.1. The molecule has 1 aromatic heterocycles. The summed E-state index contributed by atoms with van der Waals surface area (Å²) >= 11 is 3.90. The number of pyridine rings is 1. The highest BCUT2D eigenvalue weighted by molar-refractivity contribution is 7.80. The fourth-order valence-electron chi connectivity index (χ4n) is 1.21. The molecular weight excluding hydrogens is 200 g/mol. The van der Waals surface area contributed by atoms with Gasteiger partial charge in [0.2, 0.25) is 0 Å². The molecule has 78 valence electrons. The molecule has 0 spiro atoms. The molecule has 4 N–H and O–H groups in total. The van der Waals surface area contributed by atoms with Gasteiger partial charge in [0.1, 0.15) is 11.9 Å². The Morgan fingerprint density at radius 2 is 2.14 bits per heavy atom. The number of nitrogen functional groups attached to an aromatic ring is 1. The van der Waals surface area contributed by atoms with Crippen LogP contribution < -0.4 is 5.73 Å². The molecule has 0 aromatic carbocycles. The Morgan fingerprint density at radius 3 is 2.64 bits per heavy atom. The Bertz CT molecular complexity index is 320. The lowest BCUT2D eigenvalue weighted by molar-refractivity contribution is 0.0331. The second-order valence-corrected chi connectivity index (χ2v) is 3.47. The van der Waals surface area contributed by atoms with Crippen molar-refractivity contribution in [3.05, 3.63) is 23.4 Å². The van der Waals surface area contributed by atoms with Gasteiger partial charge in [-0.15, -0.1) is 0 Å². The van der Waals surface area contributed by atoms with Gasteiger partial charge in [-0.05, 0) is 13.0 Å². The Balaban J connectivity index is 2.95. The number of aromatic nitrogens is 1. The van der Waals surface area contributed by atoms with Gasteiger partial charge in [0.15, 0.2) is 0 Å². The minimum absolute atomic E-state index is 0.199. The number of rotatable bonds is 3. The number of nitrogens with zero attached hydrogens (tertiary/aromatic N) is 1. The van der Waals surface area contributed by atoms with E-state index in [-0.39, 0.29) is 5.75 Å². The number of hydrogen-bond donors (Lipinski definition) is 4. The van der Waals surface area contributed by atoms with E-state index < -0.39 is 12.2 Å². The molecule has 0 saturated carbocycles. The zero-order valence-electron chi connectivity index (χ0n) is 7.88. The fourth-order valence-corrected chi connectivity index (χ4v) is 1.41. The molecule has 0 aliphatic heterocycles. The smallest absolute Gasteiger partial charge is 0.123 e. The molecule has 0 aliphatic rings. The molecule has 0 radical (unpaired) electrons. The topological polar surface area (TPSA) is 79.4 Å². The predicted molar refractivity (Wildman–Crippen MR) is 58.2 cm³/mol. The van der Waals surface area contributed by atoms with Crippen molar-refractivity contribution in [2.45, 2.75) is 19.1 Å². The van der Waals surface area contributed by atoms with Crippen molar-refractivity contribution in [3.8, 4) is 0 Å². The number of aryl methyl sites for hydroxylation is 1. The molecule has 1 rings (SSSR count). The summed E-state index contributed by atoms with van der Waals surface area (Å²) in [6, 6.07) is 3.26. The van der Waals surface area contributed by atoms with Gasteiger partial charge in [-0.2, -0.15) is 12.6 Å². The van der Waals surface area contributed by atoms with Gasteiger partial charge in [-0.1, -0.05) is 6.07 Å². The van der Waals surface area contributed by atoms with Gasteiger partial charge in [-0.3, -0.25) is 0 Å². The highest BCUT2D eigenvalue weighted by Gasteiger charge is 2.19. The first-order valence-electron chi connectivity index (χ1n) is 4.26. The summed E-state index contributed by atoms with van der Waals surface area (Å²) in [4.78, 5) is 3.99. The molecule has 5 heteroatoms. The second-order valence-electron chi connectivity index (χ2n) is 3.11. The van der Waals surface area contributed by atoms with E-state index in [1.165, 1.54) is 0 Å². The van der Waals surface area contributed by atoms with Gasteiger partial charge in [0.05, 0.1) is 6.10 Å². The van der Waals surface area contributed by atoms with Crippen molar-refractivity contribution in [2.75, 3.05) is 11.5 Å². The summed E-state index contributed by atoms with van der Waals surface area (Å²) in [5.41, 5.74) is 6.67. The molecule has 1 aromatic rings. The summed E-state index contributed by atoms with van der Waals surface area (Å²) in [5.74, 6) is 0.601.